The van der Waals surface area contributed by atoms with Crippen LogP contribution in [0.15, 0.2) is 78.9 Å². The van der Waals surface area contributed by atoms with Crippen LogP contribution in [0.4, 0.5) is 0 Å². The van der Waals surface area contributed by atoms with Crippen molar-refractivity contribution in [2.75, 3.05) is 14.2 Å². The number of methoxy groups -OCH3 is 2. The van der Waals surface area contributed by atoms with Gasteiger partial charge in [0.1, 0.15) is 11.7 Å². The summed E-state index contributed by atoms with van der Waals surface area (Å²) in [6.45, 7) is 0. The third-order valence-electron chi connectivity index (χ3n) is 4.97. The average Bonchev–Trinajstić information content (AvgIpc) is 2.67. The van der Waals surface area contributed by atoms with Crippen LogP contribution in [-0.2, 0) is 15.1 Å². The van der Waals surface area contributed by atoms with Gasteiger partial charge in [-0.15, -0.1) is 0 Å². The Morgan fingerprint density at radius 3 is 1.67 bits per heavy atom. The molecule has 0 aromatic heterocycles. The van der Waals surface area contributed by atoms with E-state index in [1.54, 1.807) is 14.2 Å². The Hall–Kier alpha value is -2.42. The van der Waals surface area contributed by atoms with Gasteiger partial charge in [0, 0.05) is 14.2 Å². The van der Waals surface area contributed by atoms with Gasteiger partial charge in [0.05, 0.1) is 0 Å². The van der Waals surface area contributed by atoms with Gasteiger partial charge < -0.3 is 9.47 Å². The summed E-state index contributed by atoms with van der Waals surface area (Å²) in [5.41, 5.74) is 5.10. The smallest absolute Gasteiger partial charge is 0.144 e. The molecule has 2 nitrogen and oxygen atoms in total. The second kappa shape index (κ2) is 5.90. The number of ether oxygens (including phenoxy) is 2. The molecule has 2 heteroatoms. The maximum Gasteiger partial charge on any atom is 0.144 e. The van der Waals surface area contributed by atoms with E-state index in [1.807, 2.05) is 6.07 Å². The van der Waals surface area contributed by atoms with E-state index in [4.69, 9.17) is 9.47 Å². The molecule has 0 saturated carbocycles. The summed E-state index contributed by atoms with van der Waals surface area (Å²) in [5.74, 6) is 0. The fourth-order valence-electron chi connectivity index (χ4n) is 3.98. The van der Waals surface area contributed by atoms with E-state index in [-0.39, 0.29) is 6.10 Å². The van der Waals surface area contributed by atoms with Crippen molar-refractivity contribution in [3.63, 3.8) is 0 Å². The normalized spacial score (nSPS) is 21.8. The van der Waals surface area contributed by atoms with Crippen molar-refractivity contribution in [1.29, 1.82) is 0 Å². The minimum atomic E-state index is -0.622. The molecule has 0 radical (unpaired) electrons. The van der Waals surface area contributed by atoms with Crippen LogP contribution in [0.3, 0.4) is 0 Å². The Bertz CT molecular complexity index is 807. The van der Waals surface area contributed by atoms with Crippen LogP contribution in [0, 0.1) is 0 Å². The van der Waals surface area contributed by atoms with Gasteiger partial charge in [0.25, 0.3) is 0 Å². The highest BCUT2D eigenvalue weighted by atomic mass is 16.5. The number of benzene rings is 3. The maximum atomic E-state index is 6.26. The molecule has 24 heavy (non-hydrogen) atoms. The zero-order valence-corrected chi connectivity index (χ0v) is 13.9. The lowest BCUT2D eigenvalue weighted by atomic mass is 9.70. The highest BCUT2D eigenvalue weighted by molar-refractivity contribution is 5.59. The first kappa shape index (κ1) is 15.1. The highest BCUT2D eigenvalue weighted by Gasteiger charge is 2.45. The lowest BCUT2D eigenvalue weighted by Crippen LogP contribution is -2.38. The molecule has 0 atom stereocenters. The zero-order chi connectivity index (χ0) is 16.6. The van der Waals surface area contributed by atoms with Gasteiger partial charge in [0.2, 0.25) is 0 Å². The minimum Gasteiger partial charge on any atom is -0.372 e. The molecule has 0 N–H and O–H groups in total. The van der Waals surface area contributed by atoms with Gasteiger partial charge in [-0.05, 0) is 27.8 Å². The molecular weight excluding hydrogens is 296 g/mol. The molecule has 3 aromatic rings. The number of hydrogen-bond donors (Lipinski definition) is 0. The largest absolute Gasteiger partial charge is 0.372 e. The topological polar surface area (TPSA) is 18.5 Å². The van der Waals surface area contributed by atoms with Crippen LogP contribution < -0.4 is 0 Å². The highest BCUT2D eigenvalue weighted by Crippen LogP contribution is 2.50. The monoisotopic (exact) mass is 316 g/mol. The predicted molar refractivity (Wildman–Crippen MR) is 95.1 cm³/mol. The second-order valence-corrected chi connectivity index (χ2v) is 6.04. The zero-order valence-electron chi connectivity index (χ0n) is 13.9. The first-order valence-electron chi connectivity index (χ1n) is 8.15. The molecule has 0 aliphatic heterocycles. The SMILES string of the molecule is COC1c2ccccc2C(OC)(c2ccccc2)c2ccccc21. The summed E-state index contributed by atoms with van der Waals surface area (Å²) in [4.78, 5) is 0. The van der Waals surface area contributed by atoms with Gasteiger partial charge in [-0.25, -0.2) is 0 Å². The molecule has 0 spiro atoms. The van der Waals surface area contributed by atoms with Gasteiger partial charge >= 0.3 is 0 Å². The Balaban J connectivity index is 2.11. The van der Waals surface area contributed by atoms with E-state index in [1.165, 1.54) is 0 Å². The van der Waals surface area contributed by atoms with E-state index in [0.717, 1.165) is 27.8 Å². The van der Waals surface area contributed by atoms with E-state index in [0.29, 0.717) is 0 Å². The van der Waals surface area contributed by atoms with E-state index in [9.17, 15) is 0 Å². The van der Waals surface area contributed by atoms with Crippen molar-refractivity contribution in [1.82, 2.24) is 0 Å². The molecule has 1 aliphatic rings. The van der Waals surface area contributed by atoms with Crippen molar-refractivity contribution in [3.8, 4) is 0 Å². The first-order chi connectivity index (χ1) is 11.8. The molecule has 0 saturated heterocycles. The maximum absolute atomic E-state index is 6.26. The summed E-state index contributed by atoms with van der Waals surface area (Å²) in [7, 11) is 3.55. The molecule has 4 rings (SSSR count). The summed E-state index contributed by atoms with van der Waals surface area (Å²) >= 11 is 0. The van der Waals surface area contributed by atoms with Crippen LogP contribution in [0.1, 0.15) is 33.9 Å². The van der Waals surface area contributed by atoms with E-state index in [2.05, 4.69) is 72.8 Å². The number of fused-ring (bicyclic) bond motifs is 2. The summed E-state index contributed by atoms with van der Waals surface area (Å²) in [5, 5.41) is 0. The van der Waals surface area contributed by atoms with Crippen molar-refractivity contribution in [3.05, 3.63) is 107 Å². The molecule has 0 bridgehead atoms. The lowest BCUT2D eigenvalue weighted by molar-refractivity contribution is 0.0419. The summed E-state index contributed by atoms with van der Waals surface area (Å²) < 4.78 is 12.1. The lowest BCUT2D eigenvalue weighted by Gasteiger charge is -2.42. The second-order valence-electron chi connectivity index (χ2n) is 6.04. The average molecular weight is 316 g/mol. The quantitative estimate of drug-likeness (QED) is 0.699. The van der Waals surface area contributed by atoms with Crippen LogP contribution in [0.5, 0.6) is 0 Å². The molecule has 0 fully saturated rings. The molecule has 120 valence electrons. The standard InChI is InChI=1S/C22H20O2/c1-23-21-17-12-6-8-14-19(17)22(24-2,16-10-4-3-5-11-16)20-15-9-7-13-18(20)21/h3-15,21H,1-2H3. The molecular formula is C22H20O2. The van der Waals surface area contributed by atoms with Crippen LogP contribution in [0.25, 0.3) is 0 Å². The Kier molecular flexibility index (Phi) is 3.72. The minimum absolute atomic E-state index is 0.0793. The van der Waals surface area contributed by atoms with Crippen LogP contribution in [0.2, 0.25) is 0 Å². The third-order valence-corrected chi connectivity index (χ3v) is 4.97. The predicted octanol–water partition coefficient (Wildman–Crippen LogP) is 4.67. The van der Waals surface area contributed by atoms with Crippen molar-refractivity contribution < 1.29 is 9.47 Å². The van der Waals surface area contributed by atoms with Crippen LogP contribution in [-0.4, -0.2) is 14.2 Å². The molecule has 0 unspecified atom stereocenters. The fourth-order valence-corrected chi connectivity index (χ4v) is 3.98. The summed E-state index contributed by atoms with van der Waals surface area (Å²) in [6, 6.07) is 27.2. The number of rotatable bonds is 3. The fraction of sp³-hybridized carbons (Fsp3) is 0.182. The molecule has 3 aromatic carbocycles. The molecule has 1 aliphatic carbocycles. The van der Waals surface area contributed by atoms with Crippen molar-refractivity contribution in [2.45, 2.75) is 11.7 Å². The van der Waals surface area contributed by atoms with E-state index < -0.39 is 5.60 Å². The van der Waals surface area contributed by atoms with Crippen molar-refractivity contribution >= 4 is 0 Å². The Morgan fingerprint density at radius 1 is 0.667 bits per heavy atom. The summed E-state index contributed by atoms with van der Waals surface area (Å²) in [6.07, 6.45) is -0.0793. The third kappa shape index (κ3) is 1.97. The number of hydrogen-bond acceptors (Lipinski definition) is 2. The Morgan fingerprint density at radius 2 is 1.17 bits per heavy atom. The molecule has 0 heterocycles. The van der Waals surface area contributed by atoms with Gasteiger partial charge in [-0.3, -0.25) is 0 Å². The van der Waals surface area contributed by atoms with Gasteiger partial charge in [-0.2, -0.15) is 0 Å². The van der Waals surface area contributed by atoms with Gasteiger partial charge in [-0.1, -0.05) is 78.9 Å². The van der Waals surface area contributed by atoms with Crippen LogP contribution >= 0.6 is 0 Å². The van der Waals surface area contributed by atoms with E-state index >= 15 is 0 Å². The Labute approximate surface area is 142 Å². The molecule has 0 amide bonds. The first-order valence-corrected chi connectivity index (χ1v) is 8.15. The van der Waals surface area contributed by atoms with Gasteiger partial charge in [0.15, 0.2) is 0 Å². The van der Waals surface area contributed by atoms with Crippen molar-refractivity contribution in [2.24, 2.45) is 0 Å².